The maximum absolute atomic E-state index is 12.6. The van der Waals surface area contributed by atoms with E-state index >= 15 is 0 Å². The predicted octanol–water partition coefficient (Wildman–Crippen LogP) is 0.212. The second-order valence-corrected chi connectivity index (χ2v) is 6.18. The fourth-order valence-corrected chi connectivity index (χ4v) is 4.13. The molecule has 2 aliphatic carbocycles. The van der Waals surface area contributed by atoms with Gasteiger partial charge in [0.05, 0.1) is 18.2 Å². The Hall–Kier alpha value is -2.44. The zero-order valence-corrected chi connectivity index (χ0v) is 11.7. The minimum Gasteiger partial charge on any atom is -0.480 e. The van der Waals surface area contributed by atoms with E-state index in [0.29, 0.717) is 5.69 Å². The number of amides is 2. The number of likely N-dealkylation sites (tertiary alicyclic amines) is 1. The molecule has 2 amide bonds. The van der Waals surface area contributed by atoms with Crippen LogP contribution in [-0.2, 0) is 20.8 Å². The monoisotopic (exact) mass is 301 g/mol. The highest BCUT2D eigenvalue weighted by Gasteiger charge is 2.61. The van der Waals surface area contributed by atoms with E-state index in [1.807, 2.05) is 12.2 Å². The van der Waals surface area contributed by atoms with E-state index in [1.165, 1.54) is 12.5 Å². The predicted molar refractivity (Wildman–Crippen MR) is 73.3 cm³/mol. The van der Waals surface area contributed by atoms with Crippen LogP contribution in [0.15, 0.2) is 24.7 Å². The van der Waals surface area contributed by atoms with Crippen LogP contribution in [0.4, 0.5) is 0 Å². The first kappa shape index (κ1) is 13.2. The van der Waals surface area contributed by atoms with Crippen LogP contribution in [-0.4, -0.2) is 43.8 Å². The number of nitrogens with zero attached hydrogens (tertiary/aromatic N) is 2. The molecule has 1 saturated heterocycles. The SMILES string of the molecule is O=C(O)[C@@H](Cc1cnc[nH]1)N1C(=O)[C@@H]2[C@H](C1=O)[C@@H]1C=C[C@H]2C1. The van der Waals surface area contributed by atoms with Crippen LogP contribution in [0, 0.1) is 23.7 Å². The summed E-state index contributed by atoms with van der Waals surface area (Å²) in [5.74, 6) is -2.41. The highest BCUT2D eigenvalue weighted by atomic mass is 16.4. The molecule has 114 valence electrons. The lowest BCUT2D eigenvalue weighted by molar-refractivity contribution is -0.155. The number of aliphatic carboxylic acids is 1. The first-order chi connectivity index (χ1) is 10.6. The average molecular weight is 301 g/mol. The van der Waals surface area contributed by atoms with Gasteiger partial charge in [-0.25, -0.2) is 9.78 Å². The minimum atomic E-state index is -1.18. The van der Waals surface area contributed by atoms with Gasteiger partial charge in [-0.15, -0.1) is 0 Å². The maximum atomic E-state index is 12.6. The maximum Gasteiger partial charge on any atom is 0.327 e. The number of rotatable bonds is 4. The molecule has 7 nitrogen and oxygen atoms in total. The van der Waals surface area contributed by atoms with E-state index in [0.717, 1.165) is 11.3 Å². The molecule has 2 fully saturated rings. The van der Waals surface area contributed by atoms with E-state index in [2.05, 4.69) is 9.97 Å². The van der Waals surface area contributed by atoms with Crippen LogP contribution in [0.2, 0.25) is 0 Å². The molecule has 2 N–H and O–H groups in total. The second-order valence-electron chi connectivity index (χ2n) is 6.18. The van der Waals surface area contributed by atoms with Crippen molar-refractivity contribution in [2.75, 3.05) is 0 Å². The number of carboxylic acids is 1. The van der Waals surface area contributed by atoms with Crippen molar-refractivity contribution < 1.29 is 19.5 Å². The Labute approximate surface area is 126 Å². The number of hydrogen-bond donors (Lipinski definition) is 2. The molecule has 0 radical (unpaired) electrons. The van der Waals surface area contributed by atoms with Gasteiger partial charge in [-0.1, -0.05) is 12.2 Å². The lowest BCUT2D eigenvalue weighted by atomic mass is 9.85. The molecule has 1 saturated carbocycles. The number of H-pyrrole nitrogens is 1. The summed E-state index contributed by atoms with van der Waals surface area (Å²) in [5, 5.41) is 9.48. The number of carbonyl (C=O) groups is 3. The fourth-order valence-electron chi connectivity index (χ4n) is 4.13. The van der Waals surface area contributed by atoms with E-state index in [9.17, 15) is 19.5 Å². The molecular weight excluding hydrogens is 286 g/mol. The van der Waals surface area contributed by atoms with Gasteiger partial charge in [-0.3, -0.25) is 14.5 Å². The number of aromatic amines is 1. The summed E-state index contributed by atoms with van der Waals surface area (Å²) < 4.78 is 0. The van der Waals surface area contributed by atoms with E-state index in [1.54, 1.807) is 0 Å². The molecule has 1 aromatic rings. The van der Waals surface area contributed by atoms with Crippen molar-refractivity contribution in [1.29, 1.82) is 0 Å². The van der Waals surface area contributed by atoms with Crippen LogP contribution in [0.3, 0.4) is 0 Å². The largest absolute Gasteiger partial charge is 0.480 e. The quantitative estimate of drug-likeness (QED) is 0.611. The number of hydrogen-bond acceptors (Lipinski definition) is 4. The summed E-state index contributed by atoms with van der Waals surface area (Å²) in [6.45, 7) is 0. The molecule has 3 aliphatic rings. The standard InChI is InChI=1S/C15H15N3O4/c19-13-11-7-1-2-8(3-7)12(11)14(20)18(13)10(15(21)22)4-9-5-16-6-17-9/h1-2,5-8,10-12H,3-4H2,(H,16,17)(H,21,22)/t7-,8+,10-,11-,12+/m1/s1. The number of imidazole rings is 1. The van der Waals surface area contributed by atoms with Crippen LogP contribution < -0.4 is 0 Å². The normalized spacial score (nSPS) is 33.5. The number of nitrogens with one attached hydrogen (secondary N) is 1. The molecule has 0 aromatic carbocycles. The van der Waals surface area contributed by atoms with Gasteiger partial charge in [-0.2, -0.15) is 0 Å². The summed E-state index contributed by atoms with van der Waals surface area (Å²) in [6, 6.07) is -1.18. The zero-order valence-electron chi connectivity index (χ0n) is 11.7. The first-order valence-corrected chi connectivity index (χ1v) is 7.33. The lowest BCUT2D eigenvalue weighted by Crippen LogP contribution is -2.47. The smallest absolute Gasteiger partial charge is 0.327 e. The number of carboxylic acid groups (broad SMARTS) is 1. The molecular formula is C15H15N3O4. The Kier molecular flexibility index (Phi) is 2.72. The molecule has 2 heterocycles. The number of allylic oxidation sites excluding steroid dienone is 2. The Bertz CT molecular complexity index is 651. The highest BCUT2D eigenvalue weighted by molar-refractivity contribution is 6.08. The van der Waals surface area contributed by atoms with Crippen LogP contribution in [0.25, 0.3) is 0 Å². The van der Waals surface area contributed by atoms with Gasteiger partial charge >= 0.3 is 5.97 Å². The Morgan fingerprint density at radius 1 is 1.32 bits per heavy atom. The number of imide groups is 1. The van der Waals surface area contributed by atoms with E-state index in [-0.39, 0.29) is 41.9 Å². The topological polar surface area (TPSA) is 103 Å². The molecule has 0 spiro atoms. The summed E-state index contributed by atoms with van der Waals surface area (Å²) in [6.07, 6.45) is 7.82. The third kappa shape index (κ3) is 1.68. The molecule has 4 rings (SSSR count). The first-order valence-electron chi connectivity index (χ1n) is 7.33. The van der Waals surface area contributed by atoms with Crippen LogP contribution in [0.1, 0.15) is 12.1 Å². The van der Waals surface area contributed by atoms with Crippen molar-refractivity contribution >= 4 is 17.8 Å². The summed E-state index contributed by atoms with van der Waals surface area (Å²) >= 11 is 0. The van der Waals surface area contributed by atoms with Gasteiger partial charge in [0, 0.05) is 18.3 Å². The third-order valence-electron chi connectivity index (χ3n) is 5.07. The average Bonchev–Trinajstić information content (AvgIpc) is 3.23. The Morgan fingerprint density at radius 3 is 2.45 bits per heavy atom. The van der Waals surface area contributed by atoms with Crippen molar-refractivity contribution in [2.45, 2.75) is 18.9 Å². The number of fused-ring (bicyclic) bond motifs is 5. The van der Waals surface area contributed by atoms with Gasteiger partial charge in [0.15, 0.2) is 0 Å². The van der Waals surface area contributed by atoms with Crippen molar-refractivity contribution in [3.63, 3.8) is 0 Å². The van der Waals surface area contributed by atoms with Gasteiger partial charge in [0.25, 0.3) is 0 Å². The molecule has 5 atom stereocenters. The van der Waals surface area contributed by atoms with Gasteiger partial charge in [0.1, 0.15) is 6.04 Å². The van der Waals surface area contributed by atoms with Gasteiger partial charge < -0.3 is 10.1 Å². The summed E-state index contributed by atoms with van der Waals surface area (Å²) in [4.78, 5) is 44.5. The van der Waals surface area contributed by atoms with Crippen molar-refractivity contribution in [1.82, 2.24) is 14.9 Å². The number of aromatic nitrogens is 2. The number of carbonyl (C=O) groups excluding carboxylic acids is 2. The van der Waals surface area contributed by atoms with Crippen molar-refractivity contribution in [3.05, 3.63) is 30.4 Å². The Morgan fingerprint density at radius 2 is 1.95 bits per heavy atom. The van der Waals surface area contributed by atoms with Crippen molar-refractivity contribution in [2.24, 2.45) is 23.7 Å². The van der Waals surface area contributed by atoms with Crippen LogP contribution >= 0.6 is 0 Å². The van der Waals surface area contributed by atoms with Crippen molar-refractivity contribution in [3.8, 4) is 0 Å². The van der Waals surface area contributed by atoms with E-state index < -0.39 is 12.0 Å². The fraction of sp³-hybridized carbons (Fsp3) is 0.467. The summed E-state index contributed by atoms with van der Waals surface area (Å²) in [7, 11) is 0. The third-order valence-corrected chi connectivity index (χ3v) is 5.07. The van der Waals surface area contributed by atoms with Gasteiger partial charge in [-0.05, 0) is 18.3 Å². The van der Waals surface area contributed by atoms with Crippen LogP contribution in [0.5, 0.6) is 0 Å². The molecule has 0 unspecified atom stereocenters. The molecule has 1 aromatic heterocycles. The minimum absolute atomic E-state index is 0.0506. The molecule has 22 heavy (non-hydrogen) atoms. The zero-order chi connectivity index (χ0) is 15.4. The second kappa shape index (κ2) is 4.53. The molecule has 2 bridgehead atoms. The highest BCUT2D eigenvalue weighted by Crippen LogP contribution is 2.52. The Balaban J connectivity index is 1.65. The lowest BCUT2D eigenvalue weighted by Gasteiger charge is -2.24. The molecule has 7 heteroatoms. The van der Waals surface area contributed by atoms with E-state index in [4.69, 9.17) is 0 Å². The van der Waals surface area contributed by atoms with Gasteiger partial charge in [0.2, 0.25) is 11.8 Å². The summed E-state index contributed by atoms with van der Waals surface area (Å²) in [5.41, 5.74) is 0.589. The molecule has 1 aliphatic heterocycles.